The second kappa shape index (κ2) is 3.34. The molecule has 1 aromatic rings. The zero-order valence-electron chi connectivity index (χ0n) is 6.05. The number of hydrogen-bond acceptors (Lipinski definition) is 1. The Morgan fingerprint density at radius 3 is 3.00 bits per heavy atom. The van der Waals surface area contributed by atoms with E-state index in [4.69, 9.17) is 0 Å². The molecule has 0 amide bonds. The van der Waals surface area contributed by atoms with Gasteiger partial charge in [-0.1, -0.05) is 6.92 Å². The maximum Gasteiger partial charge on any atom is 0.109 e. The van der Waals surface area contributed by atoms with Gasteiger partial charge in [-0.3, -0.25) is 4.68 Å². The summed E-state index contributed by atoms with van der Waals surface area (Å²) < 4.78 is 13.4. The highest BCUT2D eigenvalue weighted by atomic mass is 19.1. The summed E-state index contributed by atoms with van der Waals surface area (Å²) in [5, 5.41) is 4.10. The number of aryl methyl sites for hydroxylation is 2. The zero-order valence-corrected chi connectivity index (χ0v) is 6.05. The predicted octanol–water partition coefficient (Wildman–Crippen LogP) is 1.41. The van der Waals surface area contributed by atoms with Crippen molar-refractivity contribution in [2.45, 2.75) is 19.9 Å². The van der Waals surface area contributed by atoms with Crippen LogP contribution >= 0.6 is 0 Å². The number of nitrogens with zero attached hydrogens (tertiary/aromatic N) is 2. The van der Waals surface area contributed by atoms with Crippen molar-refractivity contribution in [3.63, 3.8) is 0 Å². The Labute approximate surface area is 59.7 Å². The molecule has 56 valence electrons. The highest BCUT2D eigenvalue weighted by molar-refractivity contribution is 4.97. The lowest BCUT2D eigenvalue weighted by atomic mass is 10.4. The van der Waals surface area contributed by atoms with Crippen LogP contribution < -0.4 is 0 Å². The smallest absolute Gasteiger partial charge is 0.109 e. The first-order chi connectivity index (χ1) is 4.86. The number of aromatic nitrogens is 2. The molecule has 3 heteroatoms. The first kappa shape index (κ1) is 7.25. The van der Waals surface area contributed by atoms with Crippen molar-refractivity contribution in [1.29, 1.82) is 0 Å². The second-order valence-electron chi connectivity index (χ2n) is 2.11. The fourth-order valence-corrected chi connectivity index (χ4v) is 0.803. The summed E-state index contributed by atoms with van der Waals surface area (Å²) >= 11 is 0. The van der Waals surface area contributed by atoms with Crippen molar-refractivity contribution < 1.29 is 4.39 Å². The summed E-state index contributed by atoms with van der Waals surface area (Å²) in [4.78, 5) is 0. The highest BCUT2D eigenvalue weighted by Gasteiger charge is 1.93. The molecular weight excluding hydrogens is 131 g/mol. The summed E-state index contributed by atoms with van der Waals surface area (Å²) in [5.74, 6) is 0. The maximum atomic E-state index is 11.7. The van der Waals surface area contributed by atoms with Crippen LogP contribution in [0.15, 0.2) is 12.3 Å². The zero-order chi connectivity index (χ0) is 7.40. The molecule has 0 bridgehead atoms. The fraction of sp³-hybridized carbons (Fsp3) is 0.571. The van der Waals surface area contributed by atoms with Crippen molar-refractivity contribution in [3.05, 3.63) is 18.0 Å². The number of halogens is 1. The van der Waals surface area contributed by atoms with Gasteiger partial charge in [-0.2, -0.15) is 5.10 Å². The van der Waals surface area contributed by atoms with Gasteiger partial charge in [0.1, 0.15) is 6.67 Å². The molecule has 0 atom stereocenters. The van der Waals surface area contributed by atoms with Crippen LogP contribution in [-0.2, 0) is 13.0 Å². The lowest BCUT2D eigenvalue weighted by Crippen LogP contribution is -2.00. The summed E-state index contributed by atoms with van der Waals surface area (Å²) in [5.41, 5.74) is 1.02. The van der Waals surface area contributed by atoms with E-state index in [9.17, 15) is 4.39 Å². The number of hydrogen-bond donors (Lipinski definition) is 0. The largest absolute Gasteiger partial charge is 0.270 e. The van der Waals surface area contributed by atoms with E-state index in [2.05, 4.69) is 5.10 Å². The van der Waals surface area contributed by atoms with Gasteiger partial charge in [0.05, 0.1) is 12.2 Å². The van der Waals surface area contributed by atoms with Crippen LogP contribution in [0.25, 0.3) is 0 Å². The van der Waals surface area contributed by atoms with Crippen LogP contribution in [0.4, 0.5) is 4.39 Å². The van der Waals surface area contributed by atoms with E-state index in [1.807, 2.05) is 13.0 Å². The molecular formula is C7H11FN2. The molecule has 0 radical (unpaired) electrons. The van der Waals surface area contributed by atoms with Gasteiger partial charge in [0.25, 0.3) is 0 Å². The number of rotatable bonds is 3. The molecule has 2 nitrogen and oxygen atoms in total. The summed E-state index contributed by atoms with van der Waals surface area (Å²) in [6.45, 7) is 2.06. The Hall–Kier alpha value is -0.860. The van der Waals surface area contributed by atoms with Gasteiger partial charge in [-0.15, -0.1) is 0 Å². The Morgan fingerprint density at radius 2 is 2.50 bits per heavy atom. The lowest BCUT2D eigenvalue weighted by Gasteiger charge is -1.93. The minimum atomic E-state index is -0.342. The van der Waals surface area contributed by atoms with Crippen molar-refractivity contribution in [1.82, 2.24) is 9.78 Å². The summed E-state index contributed by atoms with van der Waals surface area (Å²) in [6, 6.07) is 1.91. The van der Waals surface area contributed by atoms with Gasteiger partial charge in [-0.05, 0) is 12.5 Å². The highest BCUT2D eigenvalue weighted by Crippen LogP contribution is 1.95. The molecule has 0 unspecified atom stereocenters. The van der Waals surface area contributed by atoms with E-state index in [1.165, 1.54) is 0 Å². The Bertz CT molecular complexity index is 195. The van der Waals surface area contributed by atoms with Crippen LogP contribution in [0.5, 0.6) is 0 Å². The molecule has 0 N–H and O–H groups in total. The topological polar surface area (TPSA) is 17.8 Å². The third-order valence-electron chi connectivity index (χ3n) is 1.37. The third kappa shape index (κ3) is 1.56. The molecule has 0 aliphatic heterocycles. The molecule has 0 fully saturated rings. The van der Waals surface area contributed by atoms with Crippen molar-refractivity contribution in [2.75, 3.05) is 6.67 Å². The Morgan fingerprint density at radius 1 is 1.70 bits per heavy atom. The molecule has 0 spiro atoms. The molecule has 1 heterocycles. The Balaban J connectivity index is 2.59. The molecule has 0 saturated heterocycles. The van der Waals surface area contributed by atoms with Crippen LogP contribution in [0.1, 0.15) is 12.6 Å². The average molecular weight is 142 g/mol. The van der Waals surface area contributed by atoms with Crippen molar-refractivity contribution in [2.24, 2.45) is 0 Å². The maximum absolute atomic E-state index is 11.7. The molecule has 0 aliphatic rings. The van der Waals surface area contributed by atoms with Crippen molar-refractivity contribution in [3.8, 4) is 0 Å². The summed E-state index contributed by atoms with van der Waals surface area (Å²) in [6.07, 6.45) is 2.72. The monoisotopic (exact) mass is 142 g/mol. The van der Waals surface area contributed by atoms with E-state index < -0.39 is 0 Å². The fourth-order valence-electron chi connectivity index (χ4n) is 0.803. The van der Waals surface area contributed by atoms with Crippen LogP contribution in [0.3, 0.4) is 0 Å². The molecule has 1 aromatic heterocycles. The minimum absolute atomic E-state index is 0.342. The summed E-state index contributed by atoms with van der Waals surface area (Å²) in [7, 11) is 0. The lowest BCUT2D eigenvalue weighted by molar-refractivity contribution is 0.426. The van der Waals surface area contributed by atoms with E-state index in [0.29, 0.717) is 6.54 Å². The van der Waals surface area contributed by atoms with Crippen LogP contribution in [-0.4, -0.2) is 16.5 Å². The van der Waals surface area contributed by atoms with E-state index in [1.54, 1.807) is 10.9 Å². The number of alkyl halides is 1. The van der Waals surface area contributed by atoms with Crippen molar-refractivity contribution >= 4 is 0 Å². The Kier molecular flexibility index (Phi) is 2.42. The van der Waals surface area contributed by atoms with Gasteiger partial charge >= 0.3 is 0 Å². The minimum Gasteiger partial charge on any atom is -0.270 e. The molecule has 0 saturated carbocycles. The molecule has 0 aromatic carbocycles. The van der Waals surface area contributed by atoms with Gasteiger partial charge in [0.15, 0.2) is 0 Å². The molecule has 10 heavy (non-hydrogen) atoms. The van der Waals surface area contributed by atoms with Crippen LogP contribution in [0.2, 0.25) is 0 Å². The molecule has 0 aliphatic carbocycles. The first-order valence-electron chi connectivity index (χ1n) is 3.45. The van der Waals surface area contributed by atoms with Gasteiger partial charge < -0.3 is 0 Å². The van der Waals surface area contributed by atoms with E-state index >= 15 is 0 Å². The average Bonchev–Trinajstić information content (AvgIpc) is 2.37. The molecule has 1 rings (SSSR count). The quantitative estimate of drug-likeness (QED) is 0.624. The normalized spacial score (nSPS) is 10.2. The van der Waals surface area contributed by atoms with Gasteiger partial charge in [0.2, 0.25) is 0 Å². The van der Waals surface area contributed by atoms with E-state index in [-0.39, 0.29) is 6.67 Å². The van der Waals surface area contributed by atoms with Gasteiger partial charge in [0, 0.05) is 6.20 Å². The standard InChI is InChI=1S/C7H11FN2/c1-2-7-3-5-10(9-7)6-4-8/h3,5H,2,4,6H2,1H3. The predicted molar refractivity (Wildman–Crippen MR) is 37.6 cm³/mol. The van der Waals surface area contributed by atoms with E-state index in [0.717, 1.165) is 12.1 Å². The van der Waals surface area contributed by atoms with Crippen LogP contribution in [0, 0.1) is 0 Å². The second-order valence-corrected chi connectivity index (χ2v) is 2.11. The van der Waals surface area contributed by atoms with Gasteiger partial charge in [-0.25, -0.2) is 4.39 Å². The first-order valence-corrected chi connectivity index (χ1v) is 3.45. The SMILES string of the molecule is CCc1ccn(CCF)n1. The third-order valence-corrected chi connectivity index (χ3v) is 1.37.